The van der Waals surface area contributed by atoms with Gasteiger partial charge < -0.3 is 20.9 Å². The van der Waals surface area contributed by atoms with Gasteiger partial charge in [-0.2, -0.15) is 20.4 Å². The number of pyridine rings is 2. The normalized spacial score (nSPS) is 11.1. The first-order valence-electron chi connectivity index (χ1n) is 14.6. The third-order valence-corrected chi connectivity index (χ3v) is 7.73. The van der Waals surface area contributed by atoms with E-state index in [1.807, 2.05) is 76.5 Å². The van der Waals surface area contributed by atoms with Crippen LogP contribution in [0.1, 0.15) is 0 Å². The molecule has 6 heterocycles. The molecule has 15 heteroatoms. The number of hydrogen-bond acceptors (Lipinski definition) is 10. The second-order valence-corrected chi connectivity index (χ2v) is 11.3. The Labute approximate surface area is 277 Å². The van der Waals surface area contributed by atoms with Crippen molar-refractivity contribution in [2.24, 2.45) is 0 Å². The van der Waals surface area contributed by atoms with Crippen molar-refractivity contribution in [2.75, 3.05) is 38.9 Å². The molecule has 6 aromatic heterocycles. The van der Waals surface area contributed by atoms with E-state index in [0.29, 0.717) is 37.9 Å². The quantitative estimate of drug-likeness (QED) is 0.206. The average molecular weight is 698 g/mol. The maximum absolute atomic E-state index is 6.11. The molecule has 47 heavy (non-hydrogen) atoms. The van der Waals surface area contributed by atoms with Crippen LogP contribution in [0.5, 0.6) is 0 Å². The van der Waals surface area contributed by atoms with Crippen LogP contribution in [0.4, 0.5) is 11.6 Å². The van der Waals surface area contributed by atoms with Crippen molar-refractivity contribution in [2.45, 2.75) is 13.1 Å². The van der Waals surface area contributed by atoms with Gasteiger partial charge in [0.15, 0.2) is 0 Å². The monoisotopic (exact) mass is 696 g/mol. The fourth-order valence-electron chi connectivity index (χ4n) is 4.98. The first-order valence-corrected chi connectivity index (χ1v) is 15.4. The van der Waals surface area contributed by atoms with Gasteiger partial charge in [0.1, 0.15) is 22.7 Å². The highest BCUT2D eigenvalue weighted by molar-refractivity contribution is 9.10. The number of aromatic nitrogens is 10. The van der Waals surface area contributed by atoms with Gasteiger partial charge in [-0.05, 0) is 48.5 Å². The van der Waals surface area contributed by atoms with Gasteiger partial charge in [-0.3, -0.25) is 14.5 Å². The minimum atomic E-state index is 0.480. The molecule has 8 rings (SSSR count). The maximum Gasteiger partial charge on any atom is 0.135 e. The van der Waals surface area contributed by atoms with Crippen LogP contribution in [0.25, 0.3) is 49.3 Å². The van der Waals surface area contributed by atoms with Gasteiger partial charge in [-0.25, -0.2) is 14.6 Å². The van der Waals surface area contributed by atoms with Crippen molar-refractivity contribution in [1.82, 2.24) is 49.5 Å². The number of nitrogens with two attached hydrogens (primary N) is 2. The molecule has 8 aromatic rings. The molecule has 0 aliphatic rings. The van der Waals surface area contributed by atoms with Gasteiger partial charge in [0.2, 0.25) is 0 Å². The molecule has 0 aliphatic heterocycles. The average Bonchev–Trinajstić information content (AvgIpc) is 3.91. The number of aromatic amines is 1. The number of fused-ring (bicyclic) bond motifs is 6. The number of ether oxygens (including phenoxy) is 2. The van der Waals surface area contributed by atoms with Crippen molar-refractivity contribution in [1.29, 1.82) is 0 Å². The highest BCUT2D eigenvalue weighted by Crippen LogP contribution is 2.29. The van der Waals surface area contributed by atoms with E-state index < -0.39 is 0 Å². The molecule has 5 N–H and O–H groups in total. The van der Waals surface area contributed by atoms with E-state index in [1.165, 1.54) is 0 Å². The van der Waals surface area contributed by atoms with Gasteiger partial charge in [0.05, 0.1) is 53.8 Å². The molecule has 0 amide bonds. The highest BCUT2D eigenvalue weighted by Gasteiger charge is 2.13. The molecule has 0 atom stereocenters. The van der Waals surface area contributed by atoms with Crippen molar-refractivity contribution in [3.05, 3.63) is 90.2 Å². The van der Waals surface area contributed by atoms with Crippen LogP contribution in [-0.2, 0) is 22.6 Å². The van der Waals surface area contributed by atoms with Crippen molar-refractivity contribution < 1.29 is 9.47 Å². The Balaban J connectivity index is 0.000000145. The number of benzene rings is 2. The molecule has 0 unspecified atom stereocenters. The number of halogens is 1. The second kappa shape index (κ2) is 14.4. The fourth-order valence-corrected chi connectivity index (χ4v) is 5.33. The number of anilines is 2. The highest BCUT2D eigenvalue weighted by atomic mass is 79.9. The van der Waals surface area contributed by atoms with Crippen LogP contribution < -0.4 is 11.5 Å². The van der Waals surface area contributed by atoms with Gasteiger partial charge in [-0.15, -0.1) is 0 Å². The zero-order valence-electron chi connectivity index (χ0n) is 25.8. The summed E-state index contributed by atoms with van der Waals surface area (Å²) in [7, 11) is 3.34. The van der Waals surface area contributed by atoms with Gasteiger partial charge >= 0.3 is 0 Å². The van der Waals surface area contributed by atoms with Crippen LogP contribution >= 0.6 is 15.9 Å². The lowest BCUT2D eigenvalue weighted by Crippen LogP contribution is -2.03. The Kier molecular flexibility index (Phi) is 9.66. The summed E-state index contributed by atoms with van der Waals surface area (Å²) in [5, 5.41) is 23.4. The second-order valence-electron chi connectivity index (χ2n) is 10.4. The minimum Gasteiger partial charge on any atom is -0.383 e. The minimum absolute atomic E-state index is 0.480. The molecule has 0 fully saturated rings. The van der Waals surface area contributed by atoms with Gasteiger partial charge in [0, 0.05) is 66.6 Å². The van der Waals surface area contributed by atoms with E-state index in [2.05, 4.69) is 51.4 Å². The first-order chi connectivity index (χ1) is 22.9. The number of methoxy groups -OCH3 is 2. The van der Waals surface area contributed by atoms with Crippen LogP contribution in [-0.4, -0.2) is 76.9 Å². The van der Waals surface area contributed by atoms with Crippen molar-refractivity contribution in [3.8, 4) is 5.69 Å². The summed E-state index contributed by atoms with van der Waals surface area (Å²) in [5.41, 5.74) is 16.4. The standard InChI is InChI=1S/C16H16N6O.C13H13BrN4O.C3H4N2/c1-23-8-7-21-10-13-15(20-21)12-4-3-11(22-6-2-5-18-22)9-14(12)19-16(13)17;1-19-5-4-18-7-10-12(17-18)9-3-2-8(14)6-11(9)16-13(10)15;1-2-4-5-3-1/h2-6,9-10H,7-8H2,1H3,(H2,17,19);2-3,6-7H,4-5H2,1H3,(H2,15,16);1-3H,(H,4,5). The third kappa shape index (κ3) is 7.06. The van der Waals surface area contributed by atoms with Crippen molar-refractivity contribution >= 4 is 71.2 Å². The predicted molar refractivity (Wildman–Crippen MR) is 186 cm³/mol. The molecule has 0 bridgehead atoms. The number of nitrogen functional groups attached to an aromatic ring is 2. The molecule has 0 spiro atoms. The molecule has 0 saturated carbocycles. The molecule has 14 nitrogen and oxygen atoms in total. The van der Waals surface area contributed by atoms with Crippen LogP contribution in [0.3, 0.4) is 0 Å². The Hall–Kier alpha value is -5.38. The van der Waals surface area contributed by atoms with E-state index in [0.717, 1.165) is 53.8 Å². The fraction of sp³-hybridized carbons (Fsp3) is 0.188. The van der Waals surface area contributed by atoms with E-state index in [9.17, 15) is 0 Å². The van der Waals surface area contributed by atoms with Crippen LogP contribution in [0.2, 0.25) is 0 Å². The molecule has 0 aliphatic carbocycles. The third-order valence-electron chi connectivity index (χ3n) is 7.23. The summed E-state index contributed by atoms with van der Waals surface area (Å²) in [6.45, 7) is 2.59. The molecule has 240 valence electrons. The van der Waals surface area contributed by atoms with E-state index in [4.69, 9.17) is 20.9 Å². The number of nitrogens with zero attached hydrogens (tertiary/aromatic N) is 9. The topological polar surface area (TPSA) is 178 Å². The van der Waals surface area contributed by atoms with Crippen LogP contribution in [0.15, 0.2) is 90.2 Å². The molecular formula is C32H33BrN12O2. The summed E-state index contributed by atoms with van der Waals surface area (Å²) >= 11 is 3.44. The summed E-state index contributed by atoms with van der Waals surface area (Å²) in [5.74, 6) is 0.984. The molecular weight excluding hydrogens is 664 g/mol. The number of nitrogens with one attached hydrogen (secondary N) is 1. The Bertz CT molecular complexity index is 2210. The largest absolute Gasteiger partial charge is 0.383 e. The van der Waals surface area contributed by atoms with Crippen LogP contribution in [0, 0.1) is 0 Å². The lowest BCUT2D eigenvalue weighted by Gasteiger charge is -2.05. The predicted octanol–water partition coefficient (Wildman–Crippen LogP) is 4.98. The Morgan fingerprint density at radius 2 is 1.38 bits per heavy atom. The summed E-state index contributed by atoms with van der Waals surface area (Å²) < 4.78 is 16.6. The molecule has 2 aromatic carbocycles. The molecule has 0 radical (unpaired) electrons. The summed E-state index contributed by atoms with van der Waals surface area (Å²) in [6, 6.07) is 15.6. The SMILES string of the molecule is COCCn1cc2c(N)nc3cc(-n4cccn4)ccc3c2n1.COCCn1cc2c(N)nc3cc(Br)ccc3c2n1.c1cn[nH]c1. The first kappa shape index (κ1) is 31.6. The maximum atomic E-state index is 6.11. The summed E-state index contributed by atoms with van der Waals surface area (Å²) in [6.07, 6.45) is 10.9. The summed E-state index contributed by atoms with van der Waals surface area (Å²) in [4.78, 5) is 8.94. The lowest BCUT2D eigenvalue weighted by molar-refractivity contribution is 0.183. The zero-order valence-corrected chi connectivity index (χ0v) is 27.4. The Morgan fingerprint density at radius 3 is 1.89 bits per heavy atom. The number of hydrogen-bond donors (Lipinski definition) is 3. The zero-order chi connectivity index (χ0) is 32.8. The Morgan fingerprint density at radius 1 is 0.766 bits per heavy atom. The van der Waals surface area contributed by atoms with Gasteiger partial charge in [-0.1, -0.05) is 15.9 Å². The van der Waals surface area contributed by atoms with E-state index in [-0.39, 0.29) is 0 Å². The smallest absolute Gasteiger partial charge is 0.135 e. The van der Waals surface area contributed by atoms with E-state index >= 15 is 0 Å². The van der Waals surface area contributed by atoms with E-state index in [1.54, 1.807) is 37.5 Å². The lowest BCUT2D eigenvalue weighted by atomic mass is 10.1. The number of H-pyrrole nitrogens is 1. The molecule has 0 saturated heterocycles. The van der Waals surface area contributed by atoms with Gasteiger partial charge in [0.25, 0.3) is 0 Å². The number of rotatable bonds is 7. The van der Waals surface area contributed by atoms with Crippen molar-refractivity contribution in [3.63, 3.8) is 0 Å².